The summed E-state index contributed by atoms with van der Waals surface area (Å²) in [4.78, 5) is 18.6. The van der Waals surface area contributed by atoms with Crippen LogP contribution in [0, 0.1) is 26.6 Å². The Morgan fingerprint density at radius 3 is 2.73 bits per heavy atom. The first-order valence-corrected chi connectivity index (χ1v) is 9.97. The van der Waals surface area contributed by atoms with Gasteiger partial charge in [-0.3, -0.25) is 9.69 Å². The minimum absolute atomic E-state index is 0.0484. The lowest BCUT2D eigenvalue weighted by Gasteiger charge is -2.16. The van der Waals surface area contributed by atoms with Crippen LogP contribution in [0.3, 0.4) is 0 Å². The van der Waals surface area contributed by atoms with Crippen molar-refractivity contribution >= 4 is 11.6 Å². The molecule has 1 amide bonds. The van der Waals surface area contributed by atoms with E-state index >= 15 is 0 Å². The van der Waals surface area contributed by atoms with Gasteiger partial charge < -0.3 is 9.84 Å². The Morgan fingerprint density at radius 2 is 1.97 bits per heavy atom. The maximum absolute atomic E-state index is 13.7. The van der Waals surface area contributed by atoms with Gasteiger partial charge in [-0.2, -0.15) is 4.98 Å². The van der Waals surface area contributed by atoms with Gasteiger partial charge >= 0.3 is 0 Å². The van der Waals surface area contributed by atoms with Crippen LogP contribution in [-0.4, -0.2) is 41.1 Å². The summed E-state index contributed by atoms with van der Waals surface area (Å²) in [5, 5.41) is 6.90. The lowest BCUT2D eigenvalue weighted by atomic mass is 10.1. The van der Waals surface area contributed by atoms with Gasteiger partial charge in [-0.15, -0.1) is 0 Å². The van der Waals surface area contributed by atoms with Crippen LogP contribution in [-0.2, 0) is 11.2 Å². The molecule has 0 atom stereocenters. The maximum atomic E-state index is 13.7. The van der Waals surface area contributed by atoms with Gasteiger partial charge in [0.1, 0.15) is 5.82 Å². The molecule has 0 fully saturated rings. The van der Waals surface area contributed by atoms with Crippen molar-refractivity contribution < 1.29 is 13.7 Å². The van der Waals surface area contributed by atoms with Crippen molar-refractivity contribution in [2.45, 2.75) is 33.6 Å². The van der Waals surface area contributed by atoms with Crippen molar-refractivity contribution in [2.24, 2.45) is 0 Å². The third-order valence-corrected chi connectivity index (χ3v) is 5.12. The van der Waals surface area contributed by atoms with E-state index in [1.165, 1.54) is 6.07 Å². The molecule has 0 bridgehead atoms. The van der Waals surface area contributed by atoms with Gasteiger partial charge in [0.05, 0.1) is 6.54 Å². The van der Waals surface area contributed by atoms with E-state index in [9.17, 15) is 9.18 Å². The van der Waals surface area contributed by atoms with Crippen LogP contribution in [0.2, 0.25) is 0 Å². The fourth-order valence-electron chi connectivity index (χ4n) is 3.11. The molecule has 0 radical (unpaired) electrons. The molecule has 0 aliphatic heterocycles. The summed E-state index contributed by atoms with van der Waals surface area (Å²) in [5.41, 5.74) is 4.24. The van der Waals surface area contributed by atoms with Gasteiger partial charge in [-0.1, -0.05) is 29.4 Å². The van der Waals surface area contributed by atoms with Gasteiger partial charge in [0, 0.05) is 17.7 Å². The summed E-state index contributed by atoms with van der Waals surface area (Å²) in [7, 11) is 1.90. The largest absolute Gasteiger partial charge is 0.339 e. The zero-order chi connectivity index (χ0) is 21.7. The fraction of sp³-hybridized carbons (Fsp3) is 0.348. The van der Waals surface area contributed by atoms with E-state index in [1.54, 1.807) is 19.1 Å². The molecule has 0 aliphatic rings. The first-order chi connectivity index (χ1) is 14.3. The highest BCUT2D eigenvalue weighted by Gasteiger charge is 2.12. The van der Waals surface area contributed by atoms with Crippen molar-refractivity contribution in [3.63, 3.8) is 0 Å². The zero-order valence-corrected chi connectivity index (χ0v) is 17.8. The second-order valence-corrected chi connectivity index (χ2v) is 7.61. The Labute approximate surface area is 176 Å². The van der Waals surface area contributed by atoms with Gasteiger partial charge in [-0.25, -0.2) is 4.39 Å². The van der Waals surface area contributed by atoms with Crippen LogP contribution < -0.4 is 5.32 Å². The van der Waals surface area contributed by atoms with E-state index in [2.05, 4.69) is 15.5 Å². The van der Waals surface area contributed by atoms with Crippen molar-refractivity contribution in [3.8, 4) is 11.4 Å². The van der Waals surface area contributed by atoms with Crippen LogP contribution in [0.1, 0.15) is 29.0 Å². The first kappa shape index (κ1) is 21.6. The average Bonchev–Trinajstić information content (AvgIpc) is 3.16. The van der Waals surface area contributed by atoms with Crippen molar-refractivity contribution in [1.82, 2.24) is 15.0 Å². The lowest BCUT2D eigenvalue weighted by molar-refractivity contribution is -0.117. The number of aryl methyl sites for hydroxylation is 3. The molecule has 0 saturated carbocycles. The second-order valence-electron chi connectivity index (χ2n) is 7.61. The number of nitrogens with zero attached hydrogens (tertiary/aromatic N) is 3. The minimum Gasteiger partial charge on any atom is -0.339 e. The number of likely N-dealkylation sites (N-methyl/N-ethyl adjacent to an activating group) is 1. The third kappa shape index (κ3) is 5.51. The first-order valence-electron chi connectivity index (χ1n) is 9.97. The van der Waals surface area contributed by atoms with Crippen molar-refractivity contribution in [3.05, 3.63) is 64.8 Å². The highest BCUT2D eigenvalue weighted by Crippen LogP contribution is 2.20. The summed E-state index contributed by atoms with van der Waals surface area (Å²) in [6.45, 7) is 6.73. The summed E-state index contributed by atoms with van der Waals surface area (Å²) in [6, 6.07) is 10.7. The van der Waals surface area contributed by atoms with Crippen LogP contribution in [0.25, 0.3) is 11.4 Å². The fourth-order valence-corrected chi connectivity index (χ4v) is 3.11. The number of aromatic nitrogens is 2. The SMILES string of the molecule is Cc1ccc(-c2noc(CCCN(C)CC(=O)Nc3cccc(C)c3C)n2)cc1F. The second kappa shape index (κ2) is 9.63. The predicted octanol–water partition coefficient (Wildman–Crippen LogP) is 4.30. The van der Waals surface area contributed by atoms with Gasteiger partial charge in [0.2, 0.25) is 17.6 Å². The number of nitrogens with one attached hydrogen (secondary N) is 1. The molecule has 0 saturated heterocycles. The molecular weight excluding hydrogens is 383 g/mol. The van der Waals surface area contributed by atoms with E-state index in [0.29, 0.717) is 42.4 Å². The highest BCUT2D eigenvalue weighted by atomic mass is 19.1. The van der Waals surface area contributed by atoms with Crippen molar-refractivity contribution in [2.75, 3.05) is 25.5 Å². The van der Waals surface area contributed by atoms with Crippen molar-refractivity contribution in [1.29, 1.82) is 0 Å². The molecule has 0 spiro atoms. The number of carbonyl (C=O) groups excluding carboxylic acids is 1. The molecule has 1 heterocycles. The number of anilines is 1. The Morgan fingerprint density at radius 1 is 1.17 bits per heavy atom. The maximum Gasteiger partial charge on any atom is 0.238 e. The molecule has 3 rings (SSSR count). The number of hydrogen-bond donors (Lipinski definition) is 1. The predicted molar refractivity (Wildman–Crippen MR) is 115 cm³/mol. The highest BCUT2D eigenvalue weighted by molar-refractivity contribution is 5.93. The van der Waals surface area contributed by atoms with E-state index < -0.39 is 0 Å². The normalized spacial score (nSPS) is 11.1. The Balaban J connectivity index is 1.46. The number of rotatable bonds is 8. The molecule has 158 valence electrons. The monoisotopic (exact) mass is 410 g/mol. The summed E-state index contributed by atoms with van der Waals surface area (Å²) in [5.74, 6) is 0.539. The molecule has 1 N–H and O–H groups in total. The van der Waals surface area contributed by atoms with Crippen LogP contribution in [0.5, 0.6) is 0 Å². The number of halogens is 1. The van der Waals surface area contributed by atoms with Crippen LogP contribution in [0.15, 0.2) is 40.9 Å². The van der Waals surface area contributed by atoms with Gasteiger partial charge in [0.15, 0.2) is 0 Å². The Hall–Kier alpha value is -3.06. The zero-order valence-electron chi connectivity index (χ0n) is 17.8. The molecule has 0 aliphatic carbocycles. The number of benzene rings is 2. The Bertz CT molecular complexity index is 1030. The number of amides is 1. The topological polar surface area (TPSA) is 71.3 Å². The lowest BCUT2D eigenvalue weighted by Crippen LogP contribution is -2.31. The van der Waals surface area contributed by atoms with E-state index in [-0.39, 0.29) is 11.7 Å². The molecule has 7 heteroatoms. The molecule has 3 aromatic rings. The van der Waals surface area contributed by atoms with E-state index in [1.807, 2.05) is 44.0 Å². The van der Waals surface area contributed by atoms with Gasteiger partial charge in [0.25, 0.3) is 0 Å². The Kier molecular flexibility index (Phi) is 6.95. The number of carbonyl (C=O) groups is 1. The summed E-state index contributed by atoms with van der Waals surface area (Å²) < 4.78 is 19.0. The quantitative estimate of drug-likeness (QED) is 0.599. The average molecular weight is 410 g/mol. The molecule has 2 aromatic carbocycles. The minimum atomic E-state index is -0.292. The van der Waals surface area contributed by atoms with Crippen LogP contribution in [0.4, 0.5) is 10.1 Å². The van der Waals surface area contributed by atoms with Crippen LogP contribution >= 0.6 is 0 Å². The summed E-state index contributed by atoms with van der Waals surface area (Å²) >= 11 is 0. The number of hydrogen-bond acceptors (Lipinski definition) is 5. The van der Waals surface area contributed by atoms with E-state index in [4.69, 9.17) is 4.52 Å². The molecule has 30 heavy (non-hydrogen) atoms. The van der Waals surface area contributed by atoms with E-state index in [0.717, 1.165) is 23.2 Å². The standard InChI is InChI=1S/C23H27FN4O2/c1-15-7-5-8-20(17(15)3)25-21(29)14-28(4)12-6-9-22-26-23(27-30-22)18-11-10-16(2)19(24)13-18/h5,7-8,10-11,13H,6,9,12,14H2,1-4H3,(H,25,29). The molecule has 0 unspecified atom stereocenters. The summed E-state index contributed by atoms with van der Waals surface area (Å²) in [6.07, 6.45) is 1.35. The smallest absolute Gasteiger partial charge is 0.238 e. The molecular formula is C23H27FN4O2. The molecule has 6 nitrogen and oxygen atoms in total. The van der Waals surface area contributed by atoms with Gasteiger partial charge in [-0.05, 0) is 69.6 Å². The third-order valence-electron chi connectivity index (χ3n) is 5.12. The molecule has 1 aromatic heterocycles.